The molecule has 0 unspecified atom stereocenters. The number of aromatic nitrogens is 1. The molecule has 26 heavy (non-hydrogen) atoms. The van der Waals surface area contributed by atoms with Crippen molar-refractivity contribution >= 4 is 23.1 Å². The number of carbonyl (C=O) groups is 1. The second-order valence-corrected chi connectivity index (χ2v) is 6.22. The monoisotopic (exact) mass is 377 g/mol. The Bertz CT molecular complexity index is 895. The molecular formula is C18H14F3N3OS. The Labute approximate surface area is 151 Å². The van der Waals surface area contributed by atoms with Crippen molar-refractivity contribution in [2.75, 3.05) is 5.32 Å². The number of benzene rings is 1. The van der Waals surface area contributed by atoms with E-state index >= 15 is 0 Å². The van der Waals surface area contributed by atoms with Gasteiger partial charge in [-0.25, -0.2) is 4.79 Å². The zero-order valence-electron chi connectivity index (χ0n) is 13.4. The number of thiophene rings is 1. The molecule has 0 saturated heterocycles. The molecule has 0 spiro atoms. The first-order chi connectivity index (χ1) is 12.4. The largest absolute Gasteiger partial charge is 0.418 e. The number of nitrogens with zero attached hydrogens (tertiary/aromatic N) is 1. The molecule has 3 rings (SSSR count). The molecule has 0 aliphatic carbocycles. The van der Waals surface area contributed by atoms with Gasteiger partial charge in [-0.3, -0.25) is 4.98 Å². The number of anilines is 1. The van der Waals surface area contributed by atoms with Gasteiger partial charge in [0.15, 0.2) is 0 Å². The minimum Gasteiger partial charge on any atom is -0.334 e. The van der Waals surface area contributed by atoms with Crippen molar-refractivity contribution in [2.45, 2.75) is 12.7 Å². The zero-order chi connectivity index (χ0) is 18.6. The number of hydrogen-bond donors (Lipinski definition) is 2. The van der Waals surface area contributed by atoms with E-state index in [2.05, 4.69) is 15.6 Å². The van der Waals surface area contributed by atoms with E-state index in [-0.39, 0.29) is 12.2 Å². The topological polar surface area (TPSA) is 54.0 Å². The molecule has 1 aromatic carbocycles. The summed E-state index contributed by atoms with van der Waals surface area (Å²) in [7, 11) is 0. The van der Waals surface area contributed by atoms with Gasteiger partial charge in [-0.05, 0) is 46.2 Å². The first kappa shape index (κ1) is 17.9. The summed E-state index contributed by atoms with van der Waals surface area (Å²) in [6, 6.07) is 7.94. The highest BCUT2D eigenvalue weighted by Gasteiger charge is 2.33. The van der Waals surface area contributed by atoms with Crippen LogP contribution in [0.3, 0.4) is 0 Å². The standard InChI is InChI=1S/C18H14F3N3OS/c19-18(20,21)15-3-1-2-4-16(15)24-17(25)23-9-12-7-14(10-22-8-12)13-5-6-26-11-13/h1-8,10-11H,9H2,(H2,23,24,25). The smallest absolute Gasteiger partial charge is 0.334 e. The number of urea groups is 1. The third kappa shape index (κ3) is 4.40. The quantitative estimate of drug-likeness (QED) is 0.661. The van der Waals surface area contributed by atoms with E-state index in [1.165, 1.54) is 18.2 Å². The van der Waals surface area contributed by atoms with Gasteiger partial charge in [0.05, 0.1) is 11.3 Å². The lowest BCUT2D eigenvalue weighted by molar-refractivity contribution is -0.136. The van der Waals surface area contributed by atoms with Crippen LogP contribution in [0.1, 0.15) is 11.1 Å². The first-order valence-electron chi connectivity index (χ1n) is 7.61. The van der Waals surface area contributed by atoms with E-state index < -0.39 is 17.8 Å². The molecule has 0 saturated carbocycles. The molecule has 0 aliphatic heterocycles. The Morgan fingerprint density at radius 1 is 1.12 bits per heavy atom. The van der Waals surface area contributed by atoms with Crippen LogP contribution in [0.15, 0.2) is 59.6 Å². The summed E-state index contributed by atoms with van der Waals surface area (Å²) in [5.41, 5.74) is 1.49. The molecule has 2 aromatic heterocycles. The Hall–Kier alpha value is -2.87. The van der Waals surface area contributed by atoms with Crippen LogP contribution in [0.4, 0.5) is 23.7 Å². The van der Waals surface area contributed by atoms with E-state index in [1.54, 1.807) is 23.7 Å². The molecule has 0 atom stereocenters. The number of hydrogen-bond acceptors (Lipinski definition) is 3. The molecule has 0 fully saturated rings. The van der Waals surface area contributed by atoms with Crippen LogP contribution < -0.4 is 10.6 Å². The van der Waals surface area contributed by atoms with Crippen LogP contribution in [0.2, 0.25) is 0 Å². The van der Waals surface area contributed by atoms with Crippen LogP contribution in [-0.4, -0.2) is 11.0 Å². The minimum atomic E-state index is -4.54. The second-order valence-electron chi connectivity index (χ2n) is 5.44. The number of rotatable bonds is 4. The summed E-state index contributed by atoms with van der Waals surface area (Å²) in [6.07, 6.45) is -1.23. The summed E-state index contributed by atoms with van der Waals surface area (Å²) in [5, 5.41) is 8.72. The Morgan fingerprint density at radius 2 is 1.92 bits per heavy atom. The number of para-hydroxylation sites is 1. The molecule has 0 bridgehead atoms. The SMILES string of the molecule is O=C(NCc1cncc(-c2ccsc2)c1)Nc1ccccc1C(F)(F)F. The van der Waals surface area contributed by atoms with Crippen molar-refractivity contribution in [3.05, 3.63) is 70.7 Å². The van der Waals surface area contributed by atoms with Gasteiger partial charge in [-0.1, -0.05) is 12.1 Å². The number of nitrogens with one attached hydrogen (secondary N) is 2. The second kappa shape index (κ2) is 7.57. The van der Waals surface area contributed by atoms with Crippen LogP contribution in [0.5, 0.6) is 0 Å². The summed E-state index contributed by atoms with van der Waals surface area (Å²) in [4.78, 5) is 16.1. The molecule has 0 radical (unpaired) electrons. The maximum atomic E-state index is 12.9. The number of halogens is 3. The number of alkyl halides is 3. The van der Waals surface area contributed by atoms with Gasteiger partial charge in [-0.15, -0.1) is 0 Å². The van der Waals surface area contributed by atoms with Crippen molar-refractivity contribution in [1.29, 1.82) is 0 Å². The predicted molar refractivity (Wildman–Crippen MR) is 94.9 cm³/mol. The lowest BCUT2D eigenvalue weighted by Crippen LogP contribution is -2.29. The van der Waals surface area contributed by atoms with Crippen molar-refractivity contribution in [3.63, 3.8) is 0 Å². The maximum absolute atomic E-state index is 12.9. The van der Waals surface area contributed by atoms with Gasteiger partial charge in [0.1, 0.15) is 0 Å². The van der Waals surface area contributed by atoms with Gasteiger partial charge in [0.25, 0.3) is 0 Å². The lowest BCUT2D eigenvalue weighted by Gasteiger charge is -2.14. The summed E-state index contributed by atoms with van der Waals surface area (Å²) < 4.78 is 38.8. The van der Waals surface area contributed by atoms with E-state index in [9.17, 15) is 18.0 Å². The fourth-order valence-corrected chi connectivity index (χ4v) is 3.02. The molecule has 134 valence electrons. The van der Waals surface area contributed by atoms with Crippen molar-refractivity contribution in [3.8, 4) is 11.1 Å². The van der Waals surface area contributed by atoms with Crippen LogP contribution >= 0.6 is 11.3 Å². The minimum absolute atomic E-state index is 0.144. The van der Waals surface area contributed by atoms with E-state index in [4.69, 9.17) is 0 Å². The predicted octanol–water partition coefficient (Wildman–Crippen LogP) is 5.15. The zero-order valence-corrected chi connectivity index (χ0v) is 14.2. The molecule has 2 amide bonds. The third-order valence-electron chi connectivity index (χ3n) is 3.58. The van der Waals surface area contributed by atoms with Gasteiger partial charge < -0.3 is 10.6 Å². The molecule has 2 heterocycles. The highest BCUT2D eigenvalue weighted by Crippen LogP contribution is 2.34. The van der Waals surface area contributed by atoms with Gasteiger partial charge in [-0.2, -0.15) is 24.5 Å². The number of carbonyl (C=O) groups excluding carboxylic acids is 1. The number of pyridine rings is 1. The van der Waals surface area contributed by atoms with Gasteiger partial charge in [0, 0.05) is 24.5 Å². The molecule has 4 nitrogen and oxygen atoms in total. The van der Waals surface area contributed by atoms with Crippen molar-refractivity contribution in [2.24, 2.45) is 0 Å². The Balaban J connectivity index is 1.65. The summed E-state index contributed by atoms with van der Waals surface area (Å²) >= 11 is 1.56. The number of amides is 2. The van der Waals surface area contributed by atoms with Crippen LogP contribution in [0.25, 0.3) is 11.1 Å². The van der Waals surface area contributed by atoms with Crippen molar-refractivity contribution in [1.82, 2.24) is 10.3 Å². The van der Waals surface area contributed by atoms with Gasteiger partial charge in [0.2, 0.25) is 0 Å². The highest BCUT2D eigenvalue weighted by atomic mass is 32.1. The normalized spacial score (nSPS) is 11.2. The molecule has 3 aromatic rings. The van der Waals surface area contributed by atoms with Crippen LogP contribution in [-0.2, 0) is 12.7 Å². The summed E-state index contributed by atoms with van der Waals surface area (Å²) in [6.45, 7) is 0.144. The molecule has 8 heteroatoms. The lowest BCUT2D eigenvalue weighted by atomic mass is 10.1. The van der Waals surface area contributed by atoms with Crippen molar-refractivity contribution < 1.29 is 18.0 Å². The molecular weight excluding hydrogens is 363 g/mol. The Morgan fingerprint density at radius 3 is 2.65 bits per heavy atom. The fourth-order valence-electron chi connectivity index (χ4n) is 2.36. The molecule has 2 N–H and O–H groups in total. The van der Waals surface area contributed by atoms with E-state index in [0.717, 1.165) is 22.8 Å². The highest BCUT2D eigenvalue weighted by molar-refractivity contribution is 7.08. The average Bonchev–Trinajstić information content (AvgIpc) is 3.14. The van der Waals surface area contributed by atoms with E-state index in [0.29, 0.717) is 0 Å². The Kier molecular flexibility index (Phi) is 5.22. The average molecular weight is 377 g/mol. The van der Waals surface area contributed by atoms with Gasteiger partial charge >= 0.3 is 12.2 Å². The first-order valence-corrected chi connectivity index (χ1v) is 8.55. The molecule has 0 aliphatic rings. The van der Waals surface area contributed by atoms with Crippen LogP contribution in [0, 0.1) is 0 Å². The fraction of sp³-hybridized carbons (Fsp3) is 0.111. The maximum Gasteiger partial charge on any atom is 0.418 e. The summed E-state index contributed by atoms with van der Waals surface area (Å²) in [5.74, 6) is 0. The third-order valence-corrected chi connectivity index (χ3v) is 4.27. The van der Waals surface area contributed by atoms with E-state index in [1.807, 2.05) is 22.9 Å².